The van der Waals surface area contributed by atoms with E-state index in [9.17, 15) is 4.79 Å². The average Bonchev–Trinajstić information content (AvgIpc) is 2.36. The summed E-state index contributed by atoms with van der Waals surface area (Å²) in [6, 6.07) is 6.82. The lowest BCUT2D eigenvalue weighted by atomic mass is 10.1. The third kappa shape index (κ3) is 4.37. The average molecular weight is 250 g/mol. The topological polar surface area (TPSA) is 64.3 Å². The number of nitrogens with two attached hydrogens (primary N) is 1. The summed E-state index contributed by atoms with van der Waals surface area (Å²) in [7, 11) is 0. The van der Waals surface area contributed by atoms with Crippen LogP contribution in [0.25, 0.3) is 0 Å². The first kappa shape index (κ1) is 14.5. The zero-order valence-electron chi connectivity index (χ0n) is 11.3. The van der Waals surface area contributed by atoms with Gasteiger partial charge < -0.3 is 15.8 Å². The largest absolute Gasteiger partial charge is 0.494 e. The van der Waals surface area contributed by atoms with Crippen molar-refractivity contribution in [3.8, 4) is 5.75 Å². The Hall–Kier alpha value is -1.55. The number of hydrogen-bond acceptors (Lipinski definition) is 3. The number of ether oxygens (including phenoxy) is 1. The van der Waals surface area contributed by atoms with E-state index < -0.39 is 6.04 Å². The predicted molar refractivity (Wildman–Crippen MR) is 73.7 cm³/mol. The van der Waals surface area contributed by atoms with Gasteiger partial charge in [-0.25, -0.2) is 0 Å². The number of nitrogens with one attached hydrogen (secondary N) is 1. The Labute approximate surface area is 109 Å². The molecule has 0 aliphatic carbocycles. The van der Waals surface area contributed by atoms with Gasteiger partial charge in [0.1, 0.15) is 5.75 Å². The van der Waals surface area contributed by atoms with Gasteiger partial charge in [-0.2, -0.15) is 0 Å². The summed E-state index contributed by atoms with van der Waals surface area (Å²) >= 11 is 0. The lowest BCUT2D eigenvalue weighted by molar-refractivity contribution is -0.118. The molecule has 0 spiro atoms. The number of benzene rings is 1. The summed E-state index contributed by atoms with van der Waals surface area (Å²) in [5.74, 6) is 0.771. The first-order chi connectivity index (χ1) is 8.54. The minimum absolute atomic E-state index is 0.122. The Kier molecular flexibility index (Phi) is 5.65. The van der Waals surface area contributed by atoms with Crippen LogP contribution in [0.2, 0.25) is 0 Å². The first-order valence-corrected chi connectivity index (χ1v) is 6.34. The van der Waals surface area contributed by atoms with Gasteiger partial charge in [0.25, 0.3) is 0 Å². The highest BCUT2D eigenvalue weighted by Gasteiger charge is 2.16. The molecule has 1 atom stereocenters. The highest BCUT2D eigenvalue weighted by Crippen LogP contribution is 2.16. The quantitative estimate of drug-likeness (QED) is 0.814. The lowest BCUT2D eigenvalue weighted by Crippen LogP contribution is -2.39. The fourth-order valence-electron chi connectivity index (χ4n) is 1.38. The van der Waals surface area contributed by atoms with Gasteiger partial charge in [0, 0.05) is 5.69 Å². The van der Waals surface area contributed by atoms with Crippen LogP contribution in [-0.4, -0.2) is 18.6 Å². The van der Waals surface area contributed by atoms with Gasteiger partial charge >= 0.3 is 0 Å². The molecule has 1 amide bonds. The second-order valence-corrected chi connectivity index (χ2v) is 4.63. The molecule has 0 aromatic heterocycles. The summed E-state index contributed by atoms with van der Waals surface area (Å²) in [6.07, 6.45) is 0.974. The number of anilines is 1. The van der Waals surface area contributed by atoms with Crippen molar-refractivity contribution in [2.45, 2.75) is 33.2 Å². The van der Waals surface area contributed by atoms with Crippen LogP contribution in [0.1, 0.15) is 27.2 Å². The molecule has 0 aliphatic heterocycles. The molecule has 0 radical (unpaired) electrons. The van der Waals surface area contributed by atoms with Crippen molar-refractivity contribution in [1.82, 2.24) is 0 Å². The Morgan fingerprint density at radius 2 is 1.94 bits per heavy atom. The number of amides is 1. The molecule has 1 aromatic rings. The summed E-state index contributed by atoms with van der Waals surface area (Å²) in [5.41, 5.74) is 6.50. The van der Waals surface area contributed by atoms with Crippen LogP contribution in [0.4, 0.5) is 5.69 Å². The SMILES string of the molecule is CCCOc1ccc(NC(=O)C(N)C(C)C)cc1. The molecule has 100 valence electrons. The molecule has 0 saturated carbocycles. The van der Waals surface area contributed by atoms with Crippen LogP contribution in [0, 0.1) is 5.92 Å². The van der Waals surface area contributed by atoms with Gasteiger partial charge in [-0.15, -0.1) is 0 Å². The van der Waals surface area contributed by atoms with E-state index in [0.29, 0.717) is 6.61 Å². The summed E-state index contributed by atoms with van der Waals surface area (Å²) in [6.45, 7) is 6.60. The van der Waals surface area contributed by atoms with E-state index in [0.717, 1.165) is 17.9 Å². The molecule has 1 rings (SSSR count). The van der Waals surface area contributed by atoms with Crippen molar-refractivity contribution in [3.63, 3.8) is 0 Å². The fraction of sp³-hybridized carbons (Fsp3) is 0.500. The maximum Gasteiger partial charge on any atom is 0.241 e. The number of carbonyl (C=O) groups excluding carboxylic acids is 1. The molecule has 3 N–H and O–H groups in total. The number of carbonyl (C=O) groups is 1. The van der Waals surface area contributed by atoms with Crippen LogP contribution in [-0.2, 0) is 4.79 Å². The standard InChI is InChI=1S/C14H22N2O2/c1-4-9-18-12-7-5-11(6-8-12)16-14(17)13(15)10(2)3/h5-8,10,13H,4,9,15H2,1-3H3,(H,16,17). The highest BCUT2D eigenvalue weighted by molar-refractivity contribution is 5.94. The molecule has 18 heavy (non-hydrogen) atoms. The predicted octanol–water partition coefficient (Wildman–Crippen LogP) is 2.40. The van der Waals surface area contributed by atoms with E-state index in [1.54, 1.807) is 0 Å². The Morgan fingerprint density at radius 1 is 1.33 bits per heavy atom. The van der Waals surface area contributed by atoms with E-state index in [1.807, 2.05) is 38.1 Å². The molecular weight excluding hydrogens is 228 g/mol. The van der Waals surface area contributed by atoms with Gasteiger partial charge in [-0.3, -0.25) is 4.79 Å². The molecule has 0 aliphatic rings. The molecular formula is C14H22N2O2. The van der Waals surface area contributed by atoms with Crippen molar-refractivity contribution < 1.29 is 9.53 Å². The normalized spacial score (nSPS) is 12.3. The molecule has 0 heterocycles. The van der Waals surface area contributed by atoms with E-state index >= 15 is 0 Å². The third-order valence-electron chi connectivity index (χ3n) is 2.62. The zero-order chi connectivity index (χ0) is 13.5. The molecule has 1 aromatic carbocycles. The van der Waals surface area contributed by atoms with Crippen molar-refractivity contribution >= 4 is 11.6 Å². The highest BCUT2D eigenvalue weighted by atomic mass is 16.5. The van der Waals surface area contributed by atoms with E-state index in [1.165, 1.54) is 0 Å². The van der Waals surface area contributed by atoms with Crippen molar-refractivity contribution in [3.05, 3.63) is 24.3 Å². The van der Waals surface area contributed by atoms with Gasteiger partial charge in [0.2, 0.25) is 5.91 Å². The Balaban J connectivity index is 2.55. The molecule has 4 heteroatoms. The molecule has 0 bridgehead atoms. The fourth-order valence-corrected chi connectivity index (χ4v) is 1.38. The Bertz CT molecular complexity index is 374. The van der Waals surface area contributed by atoms with Gasteiger partial charge in [0.15, 0.2) is 0 Å². The number of rotatable bonds is 6. The third-order valence-corrected chi connectivity index (χ3v) is 2.62. The van der Waals surface area contributed by atoms with Crippen molar-refractivity contribution in [2.24, 2.45) is 11.7 Å². The van der Waals surface area contributed by atoms with Crippen molar-refractivity contribution in [2.75, 3.05) is 11.9 Å². The zero-order valence-corrected chi connectivity index (χ0v) is 11.3. The van der Waals surface area contributed by atoms with Crippen LogP contribution in [0.15, 0.2) is 24.3 Å². The number of hydrogen-bond donors (Lipinski definition) is 2. The smallest absolute Gasteiger partial charge is 0.241 e. The van der Waals surface area contributed by atoms with Crippen LogP contribution in [0.3, 0.4) is 0 Å². The van der Waals surface area contributed by atoms with Crippen LogP contribution < -0.4 is 15.8 Å². The Morgan fingerprint density at radius 3 is 2.44 bits per heavy atom. The van der Waals surface area contributed by atoms with Gasteiger partial charge in [-0.1, -0.05) is 20.8 Å². The second kappa shape index (κ2) is 7.01. The molecule has 1 unspecified atom stereocenters. The van der Waals surface area contributed by atoms with E-state index in [2.05, 4.69) is 12.2 Å². The maximum atomic E-state index is 11.7. The first-order valence-electron chi connectivity index (χ1n) is 6.34. The second-order valence-electron chi connectivity index (χ2n) is 4.63. The molecule has 4 nitrogen and oxygen atoms in total. The maximum absolute atomic E-state index is 11.7. The summed E-state index contributed by atoms with van der Waals surface area (Å²) < 4.78 is 5.46. The van der Waals surface area contributed by atoms with Crippen LogP contribution in [0.5, 0.6) is 5.75 Å². The van der Waals surface area contributed by atoms with Gasteiger partial charge in [-0.05, 0) is 36.6 Å². The molecule has 0 saturated heterocycles. The van der Waals surface area contributed by atoms with E-state index in [-0.39, 0.29) is 11.8 Å². The van der Waals surface area contributed by atoms with E-state index in [4.69, 9.17) is 10.5 Å². The minimum Gasteiger partial charge on any atom is -0.494 e. The minimum atomic E-state index is -0.485. The van der Waals surface area contributed by atoms with Gasteiger partial charge in [0.05, 0.1) is 12.6 Å². The lowest BCUT2D eigenvalue weighted by Gasteiger charge is -2.15. The summed E-state index contributed by atoms with van der Waals surface area (Å²) in [5, 5.41) is 2.79. The van der Waals surface area contributed by atoms with Crippen molar-refractivity contribution in [1.29, 1.82) is 0 Å². The monoisotopic (exact) mass is 250 g/mol. The summed E-state index contributed by atoms with van der Waals surface area (Å²) in [4.78, 5) is 11.7. The van der Waals surface area contributed by atoms with Crippen LogP contribution >= 0.6 is 0 Å². The molecule has 0 fully saturated rings.